The first-order valence-corrected chi connectivity index (χ1v) is 13.9. The van der Waals surface area contributed by atoms with Crippen LogP contribution < -0.4 is 0 Å². The highest BCUT2D eigenvalue weighted by Gasteiger charge is 2.72. The highest BCUT2D eigenvalue weighted by atomic mass is 16.4. The van der Waals surface area contributed by atoms with Crippen molar-refractivity contribution in [1.29, 1.82) is 0 Å². The maximum absolute atomic E-state index is 12.9. The average molecular weight is 487 g/mol. The van der Waals surface area contributed by atoms with Gasteiger partial charge in [-0.25, -0.2) is 0 Å². The minimum absolute atomic E-state index is 0.0257. The van der Waals surface area contributed by atoms with E-state index in [0.717, 1.165) is 31.3 Å². The lowest BCUT2D eigenvalue weighted by atomic mass is 9.32. The standard InChI is InChI=1S/C30H46O5/c1-17-10-13-30(24(33)34)15-14-27(5)18(22(30)29(17,7)35)8-9-20-26(4)12-11-21(32)25(2,3)23(26)19(31)16-28(20,27)6/h8,17,19-20,22-23,31,35H,9-16H2,1-7H3,(H,33,34)/t17-,19+,20-,22-,23+,26-,27-,28-,29-,30+/m1/s1. The molecule has 5 aliphatic carbocycles. The fourth-order valence-corrected chi connectivity index (χ4v) is 10.8. The Balaban J connectivity index is 1.67. The topological polar surface area (TPSA) is 94.8 Å². The molecular formula is C30H46O5. The lowest BCUT2D eigenvalue weighted by Crippen LogP contribution is -2.69. The molecule has 5 heteroatoms. The minimum atomic E-state index is -1.09. The maximum atomic E-state index is 12.9. The number of carbonyl (C=O) groups excluding carboxylic acids is 1. The molecule has 4 fully saturated rings. The number of allylic oxidation sites excluding steroid dienone is 1. The number of carbonyl (C=O) groups is 2. The van der Waals surface area contributed by atoms with Crippen molar-refractivity contribution in [2.45, 2.75) is 112 Å². The number of carboxylic acids is 1. The van der Waals surface area contributed by atoms with Crippen molar-refractivity contribution in [3.05, 3.63) is 11.6 Å². The van der Waals surface area contributed by atoms with Crippen LogP contribution in [0.3, 0.4) is 0 Å². The van der Waals surface area contributed by atoms with Crippen molar-refractivity contribution in [1.82, 2.24) is 0 Å². The third-order valence-electron chi connectivity index (χ3n) is 13.1. The van der Waals surface area contributed by atoms with Gasteiger partial charge in [-0.05, 0) is 80.0 Å². The Morgan fingerprint density at radius 3 is 2.31 bits per heavy atom. The molecule has 0 aliphatic heterocycles. The van der Waals surface area contributed by atoms with Gasteiger partial charge in [0.05, 0.1) is 17.1 Å². The van der Waals surface area contributed by atoms with Crippen molar-refractivity contribution in [3.63, 3.8) is 0 Å². The van der Waals surface area contributed by atoms with Crippen LogP contribution in [-0.4, -0.2) is 38.8 Å². The molecule has 0 amide bonds. The molecule has 5 nitrogen and oxygen atoms in total. The maximum Gasteiger partial charge on any atom is 0.310 e. The van der Waals surface area contributed by atoms with Crippen LogP contribution >= 0.6 is 0 Å². The number of Topliss-reactive ketones (excluding diaryl/α,β-unsaturated/α-hetero) is 1. The molecule has 3 N–H and O–H groups in total. The normalized spacial score (nSPS) is 55.1. The van der Waals surface area contributed by atoms with Crippen LogP contribution in [0.25, 0.3) is 0 Å². The van der Waals surface area contributed by atoms with Gasteiger partial charge in [0.2, 0.25) is 0 Å². The second-order valence-electron chi connectivity index (χ2n) is 14.7. The zero-order valence-corrected chi connectivity index (χ0v) is 22.8. The van der Waals surface area contributed by atoms with Gasteiger partial charge in [-0.3, -0.25) is 9.59 Å². The van der Waals surface area contributed by atoms with E-state index >= 15 is 0 Å². The van der Waals surface area contributed by atoms with Crippen molar-refractivity contribution in [2.24, 2.45) is 50.7 Å². The SMILES string of the molecule is C[C@@H]1CC[C@]2(C(=O)O)CC[C@]3(C)C(=CC[C@@H]4[C@@]5(C)CCC(=O)C(C)(C)[C@@H]5[C@@H](O)C[C@]43C)[C@@H]2[C@]1(C)O. The summed E-state index contributed by atoms with van der Waals surface area (Å²) in [7, 11) is 0. The number of ketones is 1. The van der Waals surface area contributed by atoms with Gasteiger partial charge in [-0.2, -0.15) is 0 Å². The first kappa shape index (κ1) is 25.4. The fraction of sp³-hybridized carbons (Fsp3) is 0.867. The summed E-state index contributed by atoms with van der Waals surface area (Å²) in [6, 6.07) is 0. The lowest BCUT2D eigenvalue weighted by molar-refractivity contribution is -0.228. The van der Waals surface area contributed by atoms with E-state index in [4.69, 9.17) is 0 Å². The third kappa shape index (κ3) is 2.83. The Hall–Kier alpha value is -1.20. The predicted molar refractivity (Wildman–Crippen MR) is 134 cm³/mol. The van der Waals surface area contributed by atoms with Gasteiger partial charge in [-0.15, -0.1) is 0 Å². The van der Waals surface area contributed by atoms with Crippen LogP contribution in [0.1, 0.15) is 99.8 Å². The number of carboxylic acid groups (broad SMARTS) is 1. The molecule has 0 aromatic heterocycles. The zero-order valence-electron chi connectivity index (χ0n) is 22.8. The molecule has 35 heavy (non-hydrogen) atoms. The Bertz CT molecular complexity index is 995. The van der Waals surface area contributed by atoms with Crippen LogP contribution in [0.2, 0.25) is 0 Å². The van der Waals surface area contributed by atoms with Crippen LogP contribution in [0.5, 0.6) is 0 Å². The number of aliphatic hydroxyl groups excluding tert-OH is 1. The number of hydrogen-bond donors (Lipinski definition) is 3. The summed E-state index contributed by atoms with van der Waals surface area (Å²) >= 11 is 0. The Labute approximate surface area is 210 Å². The van der Waals surface area contributed by atoms with Gasteiger partial charge in [0.1, 0.15) is 5.78 Å². The molecule has 0 heterocycles. The average Bonchev–Trinajstić information content (AvgIpc) is 2.74. The van der Waals surface area contributed by atoms with Gasteiger partial charge in [0, 0.05) is 23.7 Å². The van der Waals surface area contributed by atoms with Crippen molar-refractivity contribution in [2.75, 3.05) is 0 Å². The summed E-state index contributed by atoms with van der Waals surface area (Å²) in [6.07, 6.45) is 7.18. The number of hydrogen-bond acceptors (Lipinski definition) is 4. The van der Waals surface area contributed by atoms with Crippen LogP contribution in [0.15, 0.2) is 11.6 Å². The van der Waals surface area contributed by atoms with Gasteiger partial charge in [0.15, 0.2) is 0 Å². The van der Waals surface area contributed by atoms with E-state index in [1.165, 1.54) is 0 Å². The fourth-order valence-electron chi connectivity index (χ4n) is 10.8. The van der Waals surface area contributed by atoms with E-state index in [0.29, 0.717) is 31.6 Å². The Morgan fingerprint density at radius 1 is 1.03 bits per heavy atom. The molecular weight excluding hydrogens is 440 g/mol. The summed E-state index contributed by atoms with van der Waals surface area (Å²) in [5.74, 6) is -0.678. The second kappa shape index (κ2) is 7.22. The van der Waals surface area contributed by atoms with Crippen molar-refractivity contribution < 1.29 is 24.9 Å². The van der Waals surface area contributed by atoms with Crippen LogP contribution in [0.4, 0.5) is 0 Å². The molecule has 0 saturated heterocycles. The molecule has 0 spiro atoms. The molecule has 0 unspecified atom stereocenters. The highest BCUT2D eigenvalue weighted by Crippen LogP contribution is 2.75. The van der Waals surface area contributed by atoms with Gasteiger partial charge < -0.3 is 15.3 Å². The monoisotopic (exact) mass is 486 g/mol. The van der Waals surface area contributed by atoms with E-state index in [1.54, 1.807) is 0 Å². The number of fused-ring (bicyclic) bond motifs is 7. The summed E-state index contributed by atoms with van der Waals surface area (Å²) in [4.78, 5) is 25.8. The molecule has 196 valence electrons. The van der Waals surface area contributed by atoms with Crippen molar-refractivity contribution >= 4 is 11.8 Å². The smallest absolute Gasteiger partial charge is 0.310 e. The summed E-state index contributed by atoms with van der Waals surface area (Å²) < 4.78 is 0. The Kier molecular flexibility index (Phi) is 5.25. The molecule has 4 saturated carbocycles. The van der Waals surface area contributed by atoms with E-state index < -0.39 is 34.4 Å². The number of aliphatic carboxylic acids is 1. The highest BCUT2D eigenvalue weighted by molar-refractivity contribution is 5.85. The van der Waals surface area contributed by atoms with E-state index in [2.05, 4.69) is 33.8 Å². The molecule has 0 bridgehead atoms. The lowest BCUT2D eigenvalue weighted by Gasteiger charge is -2.72. The molecule has 0 aromatic rings. The quantitative estimate of drug-likeness (QED) is 0.432. The Morgan fingerprint density at radius 2 is 1.69 bits per heavy atom. The largest absolute Gasteiger partial charge is 0.481 e. The molecule has 0 aromatic carbocycles. The van der Waals surface area contributed by atoms with Crippen LogP contribution in [0, 0.1) is 50.7 Å². The van der Waals surface area contributed by atoms with Gasteiger partial charge in [-0.1, -0.05) is 53.2 Å². The molecule has 10 atom stereocenters. The minimum Gasteiger partial charge on any atom is -0.481 e. The summed E-state index contributed by atoms with van der Waals surface area (Å²) in [6.45, 7) is 14.9. The van der Waals surface area contributed by atoms with E-state index in [1.807, 2.05) is 20.8 Å². The third-order valence-corrected chi connectivity index (χ3v) is 13.1. The van der Waals surface area contributed by atoms with E-state index in [9.17, 15) is 24.9 Å². The predicted octanol–water partition coefficient (Wildman–Crippen LogP) is 5.38. The summed E-state index contributed by atoms with van der Waals surface area (Å²) in [5, 5.41) is 34.1. The molecule has 5 aliphatic rings. The van der Waals surface area contributed by atoms with Gasteiger partial charge in [0.25, 0.3) is 0 Å². The number of rotatable bonds is 1. The first-order valence-electron chi connectivity index (χ1n) is 13.9. The van der Waals surface area contributed by atoms with E-state index in [-0.39, 0.29) is 33.9 Å². The van der Waals surface area contributed by atoms with Gasteiger partial charge >= 0.3 is 5.97 Å². The second-order valence-corrected chi connectivity index (χ2v) is 14.7. The number of aliphatic hydroxyl groups is 2. The first-order chi connectivity index (χ1) is 16.0. The van der Waals surface area contributed by atoms with Crippen LogP contribution in [-0.2, 0) is 9.59 Å². The molecule has 5 rings (SSSR count). The summed E-state index contributed by atoms with van der Waals surface area (Å²) in [5.41, 5.74) is -2.15. The zero-order chi connectivity index (χ0) is 26.0. The van der Waals surface area contributed by atoms with Crippen molar-refractivity contribution in [3.8, 4) is 0 Å². The molecule has 0 radical (unpaired) electrons.